The van der Waals surface area contributed by atoms with Gasteiger partial charge in [0.1, 0.15) is 0 Å². The standard InChI is InChI=1S/C13H18BrFN2/c1-2-10-4-3-7-17(10)11-6-5-9(8-16)12(14)13(11)15/h5-6,10H,2-4,7-8,16H2,1H3. The minimum absolute atomic E-state index is 0.173. The molecule has 1 aromatic carbocycles. The van der Waals surface area contributed by atoms with Crippen molar-refractivity contribution in [3.8, 4) is 0 Å². The van der Waals surface area contributed by atoms with E-state index in [1.54, 1.807) is 0 Å². The number of hydrogen-bond acceptors (Lipinski definition) is 2. The van der Waals surface area contributed by atoms with Gasteiger partial charge >= 0.3 is 0 Å². The molecule has 2 nitrogen and oxygen atoms in total. The average Bonchev–Trinajstić information content (AvgIpc) is 2.80. The van der Waals surface area contributed by atoms with Crippen LogP contribution in [0, 0.1) is 5.82 Å². The van der Waals surface area contributed by atoms with Crippen LogP contribution >= 0.6 is 15.9 Å². The molecule has 0 spiro atoms. The zero-order valence-electron chi connectivity index (χ0n) is 10.0. The molecule has 1 saturated heterocycles. The lowest BCUT2D eigenvalue weighted by molar-refractivity contribution is 0.590. The molecule has 1 fully saturated rings. The van der Waals surface area contributed by atoms with E-state index in [0.29, 0.717) is 22.7 Å². The first kappa shape index (κ1) is 12.8. The second-order valence-corrected chi connectivity index (χ2v) is 5.27. The fraction of sp³-hybridized carbons (Fsp3) is 0.538. The van der Waals surface area contributed by atoms with E-state index in [2.05, 4.69) is 27.8 Å². The van der Waals surface area contributed by atoms with Crippen molar-refractivity contribution in [2.45, 2.75) is 38.8 Å². The molecule has 0 aromatic heterocycles. The van der Waals surface area contributed by atoms with Crippen LogP contribution in [0.5, 0.6) is 0 Å². The van der Waals surface area contributed by atoms with Gasteiger partial charge in [-0.1, -0.05) is 13.0 Å². The third-order valence-corrected chi connectivity index (χ3v) is 4.38. The quantitative estimate of drug-likeness (QED) is 0.927. The highest BCUT2D eigenvalue weighted by Crippen LogP contribution is 2.34. The Morgan fingerprint density at radius 1 is 1.53 bits per heavy atom. The zero-order chi connectivity index (χ0) is 12.4. The molecule has 1 aliphatic rings. The summed E-state index contributed by atoms with van der Waals surface area (Å²) in [5, 5.41) is 0. The molecule has 94 valence electrons. The van der Waals surface area contributed by atoms with E-state index < -0.39 is 0 Å². The Bertz CT molecular complexity index is 409. The number of hydrogen-bond donors (Lipinski definition) is 1. The molecule has 2 rings (SSSR count). The van der Waals surface area contributed by atoms with Crippen molar-refractivity contribution >= 4 is 21.6 Å². The maximum Gasteiger partial charge on any atom is 0.160 e. The summed E-state index contributed by atoms with van der Waals surface area (Å²) < 4.78 is 14.8. The second-order valence-electron chi connectivity index (χ2n) is 4.47. The normalized spacial score (nSPS) is 20.0. The third kappa shape index (κ3) is 2.33. The fourth-order valence-electron chi connectivity index (χ4n) is 2.54. The van der Waals surface area contributed by atoms with E-state index in [-0.39, 0.29) is 5.82 Å². The molecule has 1 atom stereocenters. The first-order valence-electron chi connectivity index (χ1n) is 6.12. The Hall–Kier alpha value is -0.610. The summed E-state index contributed by atoms with van der Waals surface area (Å²) in [4.78, 5) is 2.18. The van der Waals surface area contributed by atoms with Gasteiger partial charge in [-0.25, -0.2) is 4.39 Å². The second kappa shape index (κ2) is 5.36. The summed E-state index contributed by atoms with van der Waals surface area (Å²) in [6.45, 7) is 3.46. The van der Waals surface area contributed by atoms with E-state index in [9.17, 15) is 4.39 Å². The van der Waals surface area contributed by atoms with Gasteiger partial charge in [-0.05, 0) is 46.8 Å². The number of halogens is 2. The number of nitrogens with two attached hydrogens (primary N) is 1. The van der Waals surface area contributed by atoms with Crippen LogP contribution in [0.15, 0.2) is 16.6 Å². The third-order valence-electron chi connectivity index (χ3n) is 3.52. The van der Waals surface area contributed by atoms with Crippen LogP contribution in [0.4, 0.5) is 10.1 Å². The topological polar surface area (TPSA) is 29.3 Å². The minimum atomic E-state index is -0.173. The van der Waals surface area contributed by atoms with E-state index in [4.69, 9.17) is 5.73 Å². The maximum absolute atomic E-state index is 14.3. The Morgan fingerprint density at radius 2 is 2.29 bits per heavy atom. The van der Waals surface area contributed by atoms with Crippen molar-refractivity contribution in [2.75, 3.05) is 11.4 Å². The molecule has 1 heterocycles. The van der Waals surface area contributed by atoms with Crippen molar-refractivity contribution in [3.05, 3.63) is 28.0 Å². The van der Waals surface area contributed by atoms with Crippen molar-refractivity contribution in [1.29, 1.82) is 0 Å². The Morgan fingerprint density at radius 3 is 2.94 bits per heavy atom. The van der Waals surface area contributed by atoms with E-state index in [0.717, 1.165) is 31.4 Å². The summed E-state index contributed by atoms with van der Waals surface area (Å²) in [7, 11) is 0. The van der Waals surface area contributed by atoms with Crippen molar-refractivity contribution in [1.82, 2.24) is 0 Å². The van der Waals surface area contributed by atoms with Gasteiger partial charge in [0.05, 0.1) is 10.2 Å². The molecule has 0 amide bonds. The summed E-state index contributed by atoms with van der Waals surface area (Å²) in [6.07, 6.45) is 3.37. The maximum atomic E-state index is 14.3. The number of nitrogens with zero attached hydrogens (tertiary/aromatic N) is 1. The first-order valence-corrected chi connectivity index (χ1v) is 6.92. The zero-order valence-corrected chi connectivity index (χ0v) is 11.6. The van der Waals surface area contributed by atoms with Crippen LogP contribution < -0.4 is 10.6 Å². The molecular formula is C13H18BrFN2. The van der Waals surface area contributed by atoms with Gasteiger partial charge in [-0.3, -0.25) is 0 Å². The molecule has 1 aromatic rings. The number of benzene rings is 1. The molecule has 1 aliphatic heterocycles. The summed E-state index contributed by atoms with van der Waals surface area (Å²) in [5.74, 6) is -0.173. The van der Waals surface area contributed by atoms with Crippen molar-refractivity contribution in [3.63, 3.8) is 0 Å². The summed E-state index contributed by atoms with van der Waals surface area (Å²) >= 11 is 3.30. The Kier molecular flexibility index (Phi) is 4.05. The smallest absolute Gasteiger partial charge is 0.160 e. The molecule has 0 radical (unpaired) electrons. The minimum Gasteiger partial charge on any atom is -0.366 e. The van der Waals surface area contributed by atoms with E-state index in [1.165, 1.54) is 0 Å². The first-order chi connectivity index (χ1) is 8.19. The lowest BCUT2D eigenvalue weighted by Crippen LogP contribution is -2.29. The Balaban J connectivity index is 2.36. The average molecular weight is 301 g/mol. The van der Waals surface area contributed by atoms with Crippen molar-refractivity contribution in [2.24, 2.45) is 5.73 Å². The fourth-order valence-corrected chi connectivity index (χ4v) is 3.03. The number of anilines is 1. The van der Waals surface area contributed by atoms with Crippen LogP contribution in [0.25, 0.3) is 0 Å². The molecule has 4 heteroatoms. The van der Waals surface area contributed by atoms with Crippen LogP contribution in [-0.4, -0.2) is 12.6 Å². The molecule has 0 saturated carbocycles. The SMILES string of the molecule is CCC1CCCN1c1ccc(CN)c(Br)c1F. The van der Waals surface area contributed by atoms with E-state index >= 15 is 0 Å². The predicted molar refractivity (Wildman–Crippen MR) is 72.7 cm³/mol. The predicted octanol–water partition coefficient (Wildman–Crippen LogP) is 3.43. The van der Waals surface area contributed by atoms with Gasteiger partial charge in [0.15, 0.2) is 5.82 Å². The van der Waals surface area contributed by atoms with Crippen LogP contribution in [0.3, 0.4) is 0 Å². The monoisotopic (exact) mass is 300 g/mol. The highest BCUT2D eigenvalue weighted by Gasteiger charge is 2.26. The van der Waals surface area contributed by atoms with Crippen LogP contribution in [0.1, 0.15) is 31.7 Å². The Labute approximate surface area is 110 Å². The van der Waals surface area contributed by atoms with Crippen LogP contribution in [-0.2, 0) is 6.54 Å². The van der Waals surface area contributed by atoms with Crippen molar-refractivity contribution < 1.29 is 4.39 Å². The lowest BCUT2D eigenvalue weighted by atomic mass is 10.1. The summed E-state index contributed by atoms with van der Waals surface area (Å²) in [6, 6.07) is 4.24. The lowest BCUT2D eigenvalue weighted by Gasteiger charge is -2.27. The van der Waals surface area contributed by atoms with Gasteiger partial charge in [-0.15, -0.1) is 0 Å². The van der Waals surface area contributed by atoms with Gasteiger partial charge in [0.2, 0.25) is 0 Å². The van der Waals surface area contributed by atoms with Crippen LogP contribution in [0.2, 0.25) is 0 Å². The highest BCUT2D eigenvalue weighted by molar-refractivity contribution is 9.10. The molecular weight excluding hydrogens is 283 g/mol. The van der Waals surface area contributed by atoms with Gasteiger partial charge in [-0.2, -0.15) is 0 Å². The number of rotatable bonds is 3. The molecule has 1 unspecified atom stereocenters. The highest BCUT2D eigenvalue weighted by atomic mass is 79.9. The van der Waals surface area contributed by atoms with Gasteiger partial charge in [0, 0.05) is 19.1 Å². The van der Waals surface area contributed by atoms with Gasteiger partial charge in [0.25, 0.3) is 0 Å². The molecule has 0 aliphatic carbocycles. The summed E-state index contributed by atoms with van der Waals surface area (Å²) in [5.41, 5.74) is 7.09. The molecule has 17 heavy (non-hydrogen) atoms. The molecule has 0 bridgehead atoms. The molecule has 2 N–H and O–H groups in total. The van der Waals surface area contributed by atoms with Gasteiger partial charge < -0.3 is 10.6 Å². The largest absolute Gasteiger partial charge is 0.366 e. The van der Waals surface area contributed by atoms with E-state index in [1.807, 2.05) is 12.1 Å².